The largest absolute Gasteiger partial charge is 0.490 e. The predicted molar refractivity (Wildman–Crippen MR) is 103 cm³/mol. The summed E-state index contributed by atoms with van der Waals surface area (Å²) in [4.78, 5) is 10.9. The lowest BCUT2D eigenvalue weighted by molar-refractivity contribution is -0.147. The average Bonchev–Trinajstić information content (AvgIpc) is 2.67. The van der Waals surface area contributed by atoms with Crippen molar-refractivity contribution in [3.63, 3.8) is 0 Å². The number of halogens is 1. The molecule has 142 valence electrons. The van der Waals surface area contributed by atoms with Crippen molar-refractivity contribution in [1.29, 1.82) is 0 Å². The monoisotopic (exact) mass is 378 g/mol. The summed E-state index contributed by atoms with van der Waals surface area (Å²) in [6, 6.07) is 21.1. The maximum Gasteiger partial charge on any atom is 0.306 e. The summed E-state index contributed by atoms with van der Waals surface area (Å²) in [6.07, 6.45) is 0.959. The van der Waals surface area contributed by atoms with Gasteiger partial charge in [-0.3, -0.25) is 4.79 Å². The van der Waals surface area contributed by atoms with Gasteiger partial charge in [0.25, 0.3) is 0 Å². The fraction of sp³-hybridized carbons (Fsp3) is 0.174. The number of carboxylic acid groups (broad SMARTS) is 1. The van der Waals surface area contributed by atoms with Gasteiger partial charge in [-0.05, 0) is 60.9 Å². The quantitative estimate of drug-likeness (QED) is 0.613. The molecular weight excluding hydrogens is 359 g/mol. The Morgan fingerprint density at radius 1 is 0.893 bits per heavy atom. The molecule has 0 aromatic heterocycles. The Morgan fingerprint density at radius 3 is 2.25 bits per heavy atom. The van der Waals surface area contributed by atoms with Crippen LogP contribution in [-0.4, -0.2) is 17.2 Å². The highest BCUT2D eigenvalue weighted by Gasteiger charge is 2.35. The molecule has 0 unspecified atom stereocenters. The van der Waals surface area contributed by atoms with E-state index in [4.69, 9.17) is 14.6 Å². The number of rotatable bonds is 6. The molecule has 0 amide bonds. The van der Waals surface area contributed by atoms with Gasteiger partial charge in [-0.1, -0.05) is 30.3 Å². The van der Waals surface area contributed by atoms with Crippen molar-refractivity contribution in [1.82, 2.24) is 0 Å². The summed E-state index contributed by atoms with van der Waals surface area (Å²) < 4.78 is 25.9. The molecule has 1 aliphatic carbocycles. The number of hydrogen-bond donors (Lipinski definition) is 1. The second-order valence-corrected chi connectivity index (χ2v) is 6.83. The minimum absolute atomic E-state index is 0.0775. The summed E-state index contributed by atoms with van der Waals surface area (Å²) in [6.45, 7) is 0. The van der Waals surface area contributed by atoms with Crippen LogP contribution < -0.4 is 9.47 Å². The van der Waals surface area contributed by atoms with E-state index in [1.807, 2.05) is 30.3 Å². The predicted octanol–water partition coefficient (Wildman–Crippen LogP) is 5.53. The normalized spacial score (nSPS) is 18.2. The van der Waals surface area contributed by atoms with Crippen LogP contribution in [0.4, 0.5) is 4.39 Å². The third-order valence-corrected chi connectivity index (χ3v) is 4.83. The second kappa shape index (κ2) is 7.72. The molecule has 0 bridgehead atoms. The van der Waals surface area contributed by atoms with Crippen molar-refractivity contribution in [3.05, 3.63) is 78.6 Å². The van der Waals surface area contributed by atoms with Gasteiger partial charge in [0.05, 0.1) is 5.92 Å². The van der Waals surface area contributed by atoms with Crippen LogP contribution in [0.3, 0.4) is 0 Å². The van der Waals surface area contributed by atoms with E-state index in [0.29, 0.717) is 41.2 Å². The van der Waals surface area contributed by atoms with Crippen LogP contribution in [0.15, 0.2) is 72.8 Å². The van der Waals surface area contributed by atoms with Crippen molar-refractivity contribution in [2.75, 3.05) is 0 Å². The second-order valence-electron chi connectivity index (χ2n) is 6.83. The van der Waals surface area contributed by atoms with E-state index in [9.17, 15) is 9.18 Å². The lowest BCUT2D eigenvalue weighted by Crippen LogP contribution is -2.38. The molecule has 1 aliphatic rings. The first-order valence-corrected chi connectivity index (χ1v) is 9.11. The first-order valence-electron chi connectivity index (χ1n) is 9.11. The van der Waals surface area contributed by atoms with Crippen LogP contribution in [0.2, 0.25) is 0 Å². The van der Waals surface area contributed by atoms with Crippen LogP contribution in [-0.2, 0) is 4.79 Å². The van der Waals surface area contributed by atoms with Crippen LogP contribution >= 0.6 is 0 Å². The van der Waals surface area contributed by atoms with Gasteiger partial charge in [-0.25, -0.2) is 4.39 Å². The standard InChI is InChI=1S/C23H19FO4/c24-22-11-10-19(27-17-4-2-1-3-5-17)14-21(22)15-6-8-18(9-7-15)28-20-12-16(13-20)23(25)26/h1-11,14,16,20H,12-13H2,(H,25,26). The van der Waals surface area contributed by atoms with Crippen LogP contribution in [0.1, 0.15) is 12.8 Å². The zero-order valence-electron chi connectivity index (χ0n) is 15.0. The summed E-state index contributed by atoms with van der Waals surface area (Å²) >= 11 is 0. The van der Waals surface area contributed by atoms with Crippen molar-refractivity contribution in [2.45, 2.75) is 18.9 Å². The van der Waals surface area contributed by atoms with Crippen molar-refractivity contribution in [3.8, 4) is 28.4 Å². The Bertz CT molecular complexity index is 964. The van der Waals surface area contributed by atoms with Crippen LogP contribution in [0.25, 0.3) is 11.1 Å². The van der Waals surface area contributed by atoms with Gasteiger partial charge in [-0.2, -0.15) is 0 Å². The molecule has 4 rings (SSSR count). The highest BCUT2D eigenvalue weighted by Crippen LogP contribution is 2.34. The highest BCUT2D eigenvalue weighted by molar-refractivity contribution is 5.71. The van der Waals surface area contributed by atoms with Crippen molar-refractivity contribution >= 4 is 5.97 Å². The molecule has 3 aromatic carbocycles. The Morgan fingerprint density at radius 2 is 1.57 bits per heavy atom. The first-order chi connectivity index (χ1) is 13.6. The molecule has 0 radical (unpaired) electrons. The molecule has 1 fully saturated rings. The number of carboxylic acids is 1. The topological polar surface area (TPSA) is 55.8 Å². The minimum atomic E-state index is -0.775. The molecule has 1 saturated carbocycles. The van der Waals surface area contributed by atoms with Crippen LogP contribution in [0, 0.1) is 11.7 Å². The summed E-state index contributed by atoms with van der Waals surface area (Å²) in [5.41, 5.74) is 1.15. The summed E-state index contributed by atoms with van der Waals surface area (Å²) in [5, 5.41) is 8.92. The Hall–Kier alpha value is -3.34. The maximum atomic E-state index is 14.3. The lowest BCUT2D eigenvalue weighted by atomic mass is 9.82. The molecular formula is C23H19FO4. The van der Waals surface area contributed by atoms with Gasteiger partial charge in [0, 0.05) is 5.56 Å². The average molecular weight is 378 g/mol. The number of aliphatic carboxylic acids is 1. The molecule has 28 heavy (non-hydrogen) atoms. The SMILES string of the molecule is O=C(O)C1CC(Oc2ccc(-c3cc(Oc4ccccc4)ccc3F)cc2)C1. The fourth-order valence-corrected chi connectivity index (χ4v) is 3.18. The van der Waals surface area contributed by atoms with Gasteiger partial charge >= 0.3 is 5.97 Å². The fourth-order valence-electron chi connectivity index (χ4n) is 3.18. The van der Waals surface area contributed by atoms with Gasteiger partial charge < -0.3 is 14.6 Å². The Kier molecular flexibility index (Phi) is 4.98. The summed E-state index contributed by atoms with van der Waals surface area (Å²) in [7, 11) is 0. The first kappa shape index (κ1) is 18.0. The molecule has 1 N–H and O–H groups in total. The molecule has 0 spiro atoms. The number of para-hydroxylation sites is 1. The third kappa shape index (κ3) is 3.98. The van der Waals surface area contributed by atoms with E-state index < -0.39 is 5.97 Å². The number of carbonyl (C=O) groups is 1. The van der Waals surface area contributed by atoms with Gasteiger partial charge in [0.2, 0.25) is 0 Å². The van der Waals surface area contributed by atoms with E-state index >= 15 is 0 Å². The molecule has 5 heteroatoms. The molecule has 3 aromatic rings. The number of ether oxygens (including phenoxy) is 2. The highest BCUT2D eigenvalue weighted by atomic mass is 19.1. The zero-order chi connectivity index (χ0) is 19.5. The van der Waals surface area contributed by atoms with Gasteiger partial charge in [0.1, 0.15) is 29.2 Å². The van der Waals surface area contributed by atoms with E-state index in [-0.39, 0.29) is 17.8 Å². The molecule has 4 nitrogen and oxygen atoms in total. The molecule has 0 heterocycles. The Balaban J connectivity index is 1.46. The Labute approximate surface area is 162 Å². The third-order valence-electron chi connectivity index (χ3n) is 4.83. The van der Waals surface area contributed by atoms with Crippen molar-refractivity contribution in [2.24, 2.45) is 5.92 Å². The van der Waals surface area contributed by atoms with Gasteiger partial charge in [0.15, 0.2) is 0 Å². The minimum Gasteiger partial charge on any atom is -0.490 e. The summed E-state index contributed by atoms with van der Waals surface area (Å²) in [5.74, 6) is 0.460. The van der Waals surface area contributed by atoms with E-state index in [1.165, 1.54) is 6.07 Å². The van der Waals surface area contributed by atoms with Crippen molar-refractivity contribution < 1.29 is 23.8 Å². The molecule has 0 atom stereocenters. The van der Waals surface area contributed by atoms with E-state index in [2.05, 4.69) is 0 Å². The number of benzene rings is 3. The maximum absolute atomic E-state index is 14.3. The van der Waals surface area contributed by atoms with E-state index in [1.54, 1.807) is 36.4 Å². The van der Waals surface area contributed by atoms with Gasteiger partial charge in [-0.15, -0.1) is 0 Å². The zero-order valence-corrected chi connectivity index (χ0v) is 15.0. The number of hydrogen-bond acceptors (Lipinski definition) is 3. The van der Waals surface area contributed by atoms with Crippen LogP contribution in [0.5, 0.6) is 17.2 Å². The molecule has 0 aliphatic heterocycles. The lowest BCUT2D eigenvalue weighted by Gasteiger charge is -2.32. The molecule has 0 saturated heterocycles. The van der Waals surface area contributed by atoms with E-state index in [0.717, 1.165) is 0 Å². The smallest absolute Gasteiger partial charge is 0.306 e.